The Balaban J connectivity index is 2.43. The number of hydrogen-bond acceptors (Lipinski definition) is 6. The third kappa shape index (κ3) is 2.62. The lowest BCUT2D eigenvalue weighted by Gasteiger charge is -2.06. The van der Waals surface area contributed by atoms with E-state index in [-0.39, 0.29) is 0 Å². The molecule has 0 fully saturated rings. The number of pyridine rings is 1. The van der Waals surface area contributed by atoms with Crippen LogP contribution in [-0.4, -0.2) is 19.7 Å². The minimum Gasteiger partial charge on any atom is -0.397 e. The van der Waals surface area contributed by atoms with Crippen LogP contribution in [0.15, 0.2) is 36.5 Å². The molecule has 0 unspecified atom stereocenters. The second-order valence-corrected chi connectivity index (χ2v) is 5.17. The van der Waals surface area contributed by atoms with Crippen molar-refractivity contribution in [1.29, 1.82) is 0 Å². The van der Waals surface area contributed by atoms with Gasteiger partial charge in [-0.1, -0.05) is 0 Å². The first kappa shape index (κ1) is 12.8. The Morgan fingerprint density at radius 3 is 2.89 bits per heavy atom. The molecular weight excluding hydrogens is 322 g/mol. The summed E-state index contributed by atoms with van der Waals surface area (Å²) in [5.74, 6) is 0. The van der Waals surface area contributed by atoms with Gasteiger partial charge in [0.15, 0.2) is 5.16 Å². The maximum atomic E-state index is 11.2. The van der Waals surface area contributed by atoms with Crippen molar-refractivity contribution in [2.45, 2.75) is 10.2 Å². The number of aryl methyl sites for hydroxylation is 1. The molecule has 0 aromatic carbocycles. The second kappa shape index (κ2) is 4.94. The van der Waals surface area contributed by atoms with Crippen molar-refractivity contribution in [2.75, 3.05) is 5.73 Å². The van der Waals surface area contributed by atoms with Crippen LogP contribution >= 0.6 is 27.7 Å². The highest BCUT2D eigenvalue weighted by Gasteiger charge is 2.10. The van der Waals surface area contributed by atoms with E-state index in [0.29, 0.717) is 20.3 Å². The van der Waals surface area contributed by atoms with Gasteiger partial charge in [-0.2, -0.15) is 4.98 Å². The molecule has 0 spiro atoms. The summed E-state index contributed by atoms with van der Waals surface area (Å²) < 4.78 is 2.05. The van der Waals surface area contributed by atoms with E-state index in [0.717, 1.165) is 11.8 Å². The summed E-state index contributed by atoms with van der Waals surface area (Å²) in [7, 11) is 1.58. The summed E-state index contributed by atoms with van der Waals surface area (Å²) in [4.78, 5) is 30.0. The fourth-order valence-corrected chi connectivity index (χ4v) is 2.51. The molecule has 2 aromatic rings. The monoisotopic (exact) mass is 329 g/mol. The van der Waals surface area contributed by atoms with Gasteiger partial charge in [0.1, 0.15) is 5.03 Å². The molecule has 18 heavy (non-hydrogen) atoms. The summed E-state index contributed by atoms with van der Waals surface area (Å²) in [5.41, 5.74) is 4.51. The van der Waals surface area contributed by atoms with Gasteiger partial charge in [-0.25, -0.2) is 4.98 Å². The highest BCUT2D eigenvalue weighted by molar-refractivity contribution is 9.10. The van der Waals surface area contributed by atoms with Crippen LogP contribution in [0.4, 0.5) is 5.69 Å². The number of hydrogen-bond donors (Lipinski definition) is 2. The number of nitrogen functional groups attached to an aromatic ring is 1. The number of halogens is 1. The van der Waals surface area contributed by atoms with Crippen LogP contribution in [-0.2, 0) is 7.05 Å². The first-order valence-corrected chi connectivity index (χ1v) is 6.34. The van der Waals surface area contributed by atoms with Crippen LogP contribution in [0.1, 0.15) is 0 Å². The Bertz CT molecular complexity index is 711. The van der Waals surface area contributed by atoms with E-state index < -0.39 is 11.1 Å². The van der Waals surface area contributed by atoms with E-state index in [1.807, 2.05) is 0 Å². The van der Waals surface area contributed by atoms with Crippen molar-refractivity contribution >= 4 is 33.4 Å². The summed E-state index contributed by atoms with van der Waals surface area (Å²) in [5, 5.41) is 3.28. The van der Waals surface area contributed by atoms with Gasteiger partial charge < -0.3 is 5.73 Å². The van der Waals surface area contributed by atoms with Crippen LogP contribution < -0.4 is 16.9 Å². The molecule has 7 nitrogen and oxygen atoms in total. The topological polar surface area (TPSA) is 107 Å². The zero-order valence-corrected chi connectivity index (χ0v) is 11.6. The first-order chi connectivity index (χ1) is 8.47. The maximum absolute atomic E-state index is 11.2. The van der Waals surface area contributed by atoms with Crippen LogP contribution in [0, 0.1) is 0 Å². The maximum Gasteiger partial charge on any atom is 0.339 e. The lowest BCUT2D eigenvalue weighted by molar-refractivity contribution is 0.596. The third-order valence-electron chi connectivity index (χ3n) is 1.96. The van der Waals surface area contributed by atoms with Crippen LogP contribution in [0.25, 0.3) is 0 Å². The number of nitrogens with two attached hydrogens (primary N) is 1. The van der Waals surface area contributed by atoms with E-state index in [1.165, 1.54) is 10.9 Å². The number of H-pyrrole nitrogens is 1. The second-order valence-electron chi connectivity index (χ2n) is 3.36. The van der Waals surface area contributed by atoms with Crippen molar-refractivity contribution in [2.24, 2.45) is 7.05 Å². The smallest absolute Gasteiger partial charge is 0.339 e. The van der Waals surface area contributed by atoms with Crippen molar-refractivity contribution in [3.8, 4) is 0 Å². The molecular formula is C9H8BrN5O2S. The van der Waals surface area contributed by atoms with Gasteiger partial charge in [0.2, 0.25) is 0 Å². The zero-order valence-electron chi connectivity index (χ0n) is 9.18. The molecule has 2 heterocycles. The Morgan fingerprint density at radius 1 is 1.50 bits per heavy atom. The van der Waals surface area contributed by atoms with Crippen molar-refractivity contribution in [3.63, 3.8) is 0 Å². The van der Waals surface area contributed by atoms with E-state index in [9.17, 15) is 9.59 Å². The normalized spacial score (nSPS) is 10.6. The number of aromatic nitrogens is 4. The standard InChI is InChI=1S/C9H8BrN5O2S/c1-15-9(13-6(16)7(17)14-15)18-8-5(10)2-4(11)3-12-8/h2-3H,11H2,1H3,(H,14,17). The molecule has 2 rings (SSSR count). The van der Waals surface area contributed by atoms with Gasteiger partial charge >= 0.3 is 11.1 Å². The van der Waals surface area contributed by atoms with Gasteiger partial charge in [-0.15, -0.1) is 0 Å². The molecule has 0 saturated carbocycles. The van der Waals surface area contributed by atoms with Gasteiger partial charge in [0.05, 0.1) is 16.4 Å². The molecule has 0 saturated heterocycles. The molecule has 0 aliphatic rings. The van der Waals surface area contributed by atoms with Crippen molar-refractivity contribution < 1.29 is 0 Å². The average Bonchev–Trinajstić information content (AvgIpc) is 2.29. The molecule has 0 radical (unpaired) electrons. The molecule has 0 aliphatic heterocycles. The Kier molecular flexibility index (Phi) is 3.53. The molecule has 0 bridgehead atoms. The first-order valence-electron chi connectivity index (χ1n) is 4.73. The van der Waals surface area contributed by atoms with E-state index >= 15 is 0 Å². The molecule has 0 amide bonds. The van der Waals surface area contributed by atoms with Crippen molar-refractivity contribution in [3.05, 3.63) is 37.4 Å². The molecule has 94 valence electrons. The molecule has 0 aliphatic carbocycles. The average molecular weight is 330 g/mol. The fraction of sp³-hybridized carbons (Fsp3) is 0.111. The predicted molar refractivity (Wildman–Crippen MR) is 70.6 cm³/mol. The van der Waals surface area contributed by atoms with E-state index in [1.54, 1.807) is 13.1 Å². The largest absolute Gasteiger partial charge is 0.397 e. The highest BCUT2D eigenvalue weighted by Crippen LogP contribution is 2.30. The minimum atomic E-state index is -0.831. The van der Waals surface area contributed by atoms with Crippen LogP contribution in [0.3, 0.4) is 0 Å². The molecule has 9 heteroatoms. The number of aromatic amines is 1. The molecule has 0 atom stereocenters. The predicted octanol–water partition coefficient (Wildman–Crippen LogP) is 0.359. The fourth-order valence-electron chi connectivity index (χ4n) is 1.15. The number of rotatable bonds is 2. The summed E-state index contributed by atoms with van der Waals surface area (Å²) in [6, 6.07) is 1.69. The van der Waals surface area contributed by atoms with E-state index in [4.69, 9.17) is 5.73 Å². The molecule has 2 aromatic heterocycles. The highest BCUT2D eigenvalue weighted by atomic mass is 79.9. The third-order valence-corrected chi connectivity index (χ3v) is 3.90. The van der Waals surface area contributed by atoms with E-state index in [2.05, 4.69) is 31.0 Å². The summed E-state index contributed by atoms with van der Waals surface area (Å²) in [6.45, 7) is 0. The van der Waals surface area contributed by atoms with Crippen LogP contribution in [0.5, 0.6) is 0 Å². The number of nitrogens with one attached hydrogen (secondary N) is 1. The quantitative estimate of drug-likeness (QED) is 0.770. The summed E-state index contributed by atoms with van der Waals surface area (Å²) in [6.07, 6.45) is 1.50. The van der Waals surface area contributed by atoms with Gasteiger partial charge in [0.25, 0.3) is 0 Å². The van der Waals surface area contributed by atoms with Gasteiger partial charge in [-0.05, 0) is 33.8 Å². The lowest BCUT2D eigenvalue weighted by atomic mass is 10.4. The Labute approximate surface area is 114 Å². The Hall–Kier alpha value is -1.61. The lowest BCUT2D eigenvalue weighted by Crippen LogP contribution is -2.33. The molecule has 3 N–H and O–H groups in total. The summed E-state index contributed by atoms with van der Waals surface area (Å²) >= 11 is 4.45. The SMILES string of the molecule is Cn1[nH]c(=O)c(=O)nc1Sc1ncc(N)cc1Br. The van der Waals surface area contributed by atoms with Gasteiger partial charge in [-0.3, -0.25) is 19.4 Å². The van der Waals surface area contributed by atoms with Crippen molar-refractivity contribution in [1.82, 2.24) is 19.7 Å². The number of anilines is 1. The van der Waals surface area contributed by atoms with Gasteiger partial charge in [0, 0.05) is 7.05 Å². The minimum absolute atomic E-state index is 0.331. The van der Waals surface area contributed by atoms with Crippen LogP contribution in [0.2, 0.25) is 0 Å². The number of nitrogens with zero attached hydrogens (tertiary/aromatic N) is 3. The zero-order chi connectivity index (χ0) is 13.3. The Morgan fingerprint density at radius 2 is 2.22 bits per heavy atom.